The number of likely N-dealkylation sites (N-methyl/N-ethyl adjacent to an activating group) is 2. The molecule has 18 heavy (non-hydrogen) atoms. The smallest absolute Gasteiger partial charge is 0.338 e. The molecule has 0 aromatic heterocycles. The van der Waals surface area contributed by atoms with Crippen LogP contribution in [0.4, 0.5) is 9.59 Å². The number of amidine groups is 1. The molecule has 0 aromatic rings. The second kappa shape index (κ2) is 3.95. The number of fused-ring (bicyclic) bond motifs is 1. The minimum absolute atomic E-state index is 0.0112. The van der Waals surface area contributed by atoms with Crippen LogP contribution in [-0.2, 0) is 9.53 Å². The largest absolute Gasteiger partial charge is 0.341 e. The number of ether oxygens (including phenoxy) is 1. The molecule has 1 fully saturated rings. The quantitative estimate of drug-likeness (QED) is 0.651. The van der Waals surface area contributed by atoms with Crippen molar-refractivity contribution in [2.45, 2.75) is 12.6 Å². The van der Waals surface area contributed by atoms with Gasteiger partial charge in [-0.05, 0) is 6.92 Å². The van der Waals surface area contributed by atoms with Crippen LogP contribution in [0, 0.1) is 0 Å². The lowest BCUT2D eigenvalue weighted by atomic mass is 10.1. The summed E-state index contributed by atoms with van der Waals surface area (Å²) in [5.74, 6) is -0.668. The zero-order valence-electron chi connectivity index (χ0n) is 10.2. The minimum Gasteiger partial charge on any atom is -0.341 e. The lowest BCUT2D eigenvalue weighted by Gasteiger charge is -2.44. The second-order valence-corrected chi connectivity index (χ2v) is 3.82. The number of urea groups is 2. The van der Waals surface area contributed by atoms with Gasteiger partial charge in [-0.15, -0.1) is 0 Å². The highest BCUT2D eigenvalue weighted by molar-refractivity contribution is 6.24. The lowest BCUT2D eigenvalue weighted by Crippen LogP contribution is -2.77. The standard InChI is InChI=1S/C9H13N5O4/c1-4-18-9-5(11-12-7(16)10-9)13(2)8(17)14(3)6(9)15/h4H2,1-3H3,(H2,10,12,16). The van der Waals surface area contributed by atoms with E-state index in [-0.39, 0.29) is 12.4 Å². The van der Waals surface area contributed by atoms with Gasteiger partial charge in [-0.1, -0.05) is 0 Å². The first-order valence-electron chi connectivity index (χ1n) is 5.30. The van der Waals surface area contributed by atoms with Crippen molar-refractivity contribution in [1.29, 1.82) is 0 Å². The van der Waals surface area contributed by atoms with E-state index >= 15 is 0 Å². The summed E-state index contributed by atoms with van der Waals surface area (Å²) in [6.45, 7) is 1.84. The van der Waals surface area contributed by atoms with Crippen molar-refractivity contribution in [3.63, 3.8) is 0 Å². The maximum Gasteiger partial charge on any atom is 0.338 e. The number of rotatable bonds is 2. The molecule has 2 N–H and O–H groups in total. The van der Waals surface area contributed by atoms with Crippen LogP contribution < -0.4 is 10.7 Å². The van der Waals surface area contributed by atoms with E-state index in [9.17, 15) is 14.4 Å². The van der Waals surface area contributed by atoms with Crippen LogP contribution in [0.2, 0.25) is 0 Å². The summed E-state index contributed by atoms with van der Waals surface area (Å²) in [5, 5.41) is 6.10. The fourth-order valence-corrected chi connectivity index (χ4v) is 1.90. The minimum atomic E-state index is -1.74. The maximum atomic E-state index is 12.2. The molecule has 9 heteroatoms. The van der Waals surface area contributed by atoms with E-state index in [1.54, 1.807) is 6.92 Å². The van der Waals surface area contributed by atoms with Crippen LogP contribution in [0.1, 0.15) is 6.92 Å². The zero-order valence-corrected chi connectivity index (χ0v) is 10.2. The summed E-state index contributed by atoms with van der Waals surface area (Å²) in [6.07, 6.45) is 0. The number of amides is 5. The van der Waals surface area contributed by atoms with Crippen LogP contribution >= 0.6 is 0 Å². The highest BCUT2D eigenvalue weighted by atomic mass is 16.5. The summed E-state index contributed by atoms with van der Waals surface area (Å²) >= 11 is 0. The van der Waals surface area contributed by atoms with Crippen LogP contribution in [0.3, 0.4) is 0 Å². The third-order valence-corrected chi connectivity index (χ3v) is 2.73. The summed E-state index contributed by atoms with van der Waals surface area (Å²) in [7, 11) is 2.75. The molecule has 9 nitrogen and oxygen atoms in total. The van der Waals surface area contributed by atoms with Gasteiger partial charge in [0, 0.05) is 20.7 Å². The fraction of sp³-hybridized carbons (Fsp3) is 0.556. The summed E-state index contributed by atoms with van der Waals surface area (Å²) in [5.41, 5.74) is 0.402. The van der Waals surface area contributed by atoms with Crippen molar-refractivity contribution >= 4 is 23.8 Å². The summed E-state index contributed by atoms with van der Waals surface area (Å²) in [6, 6.07) is -1.22. The van der Waals surface area contributed by atoms with E-state index in [1.165, 1.54) is 14.1 Å². The van der Waals surface area contributed by atoms with E-state index in [0.29, 0.717) is 0 Å². The van der Waals surface area contributed by atoms with E-state index in [0.717, 1.165) is 9.80 Å². The molecule has 0 spiro atoms. The van der Waals surface area contributed by atoms with Gasteiger partial charge in [0.2, 0.25) is 0 Å². The Morgan fingerprint density at radius 2 is 1.94 bits per heavy atom. The molecular weight excluding hydrogens is 242 g/mol. The molecule has 0 aromatic carbocycles. The summed E-state index contributed by atoms with van der Waals surface area (Å²) < 4.78 is 5.36. The van der Waals surface area contributed by atoms with Crippen molar-refractivity contribution in [2.24, 2.45) is 5.10 Å². The molecule has 0 radical (unpaired) electrons. The average Bonchev–Trinajstić information content (AvgIpc) is 2.34. The van der Waals surface area contributed by atoms with Gasteiger partial charge >= 0.3 is 12.1 Å². The van der Waals surface area contributed by atoms with Crippen molar-refractivity contribution in [2.75, 3.05) is 20.7 Å². The molecule has 0 bridgehead atoms. The Bertz CT molecular complexity index is 462. The molecule has 2 aliphatic heterocycles. The first-order valence-corrected chi connectivity index (χ1v) is 5.30. The molecule has 1 atom stereocenters. The van der Waals surface area contributed by atoms with E-state index in [2.05, 4.69) is 15.8 Å². The number of hydrogen-bond donors (Lipinski definition) is 2. The number of nitrogens with one attached hydrogen (secondary N) is 2. The zero-order chi connectivity index (χ0) is 13.5. The maximum absolute atomic E-state index is 12.2. The number of hydrazone groups is 1. The van der Waals surface area contributed by atoms with Gasteiger partial charge in [0.15, 0.2) is 5.84 Å². The van der Waals surface area contributed by atoms with Gasteiger partial charge in [-0.25, -0.2) is 15.0 Å². The Morgan fingerprint density at radius 1 is 1.28 bits per heavy atom. The Hall–Kier alpha value is -2.16. The predicted molar refractivity (Wildman–Crippen MR) is 59.4 cm³/mol. The highest BCUT2D eigenvalue weighted by Gasteiger charge is 2.57. The molecule has 1 saturated heterocycles. The van der Waals surface area contributed by atoms with Crippen LogP contribution in [0.25, 0.3) is 0 Å². The molecule has 1 unspecified atom stereocenters. The monoisotopic (exact) mass is 255 g/mol. The molecule has 2 rings (SSSR count). The Balaban J connectivity index is 2.55. The highest BCUT2D eigenvalue weighted by Crippen LogP contribution is 2.23. The van der Waals surface area contributed by atoms with Crippen LogP contribution in [0.5, 0.6) is 0 Å². The normalized spacial score (nSPS) is 27.5. The fourth-order valence-electron chi connectivity index (χ4n) is 1.90. The third-order valence-electron chi connectivity index (χ3n) is 2.73. The van der Waals surface area contributed by atoms with E-state index in [1.807, 2.05) is 0 Å². The van der Waals surface area contributed by atoms with Crippen molar-refractivity contribution in [3.8, 4) is 0 Å². The summed E-state index contributed by atoms with van der Waals surface area (Å²) in [4.78, 5) is 37.3. The average molecular weight is 255 g/mol. The molecule has 5 amide bonds. The molecular formula is C9H13N5O4. The Labute approximate surface area is 103 Å². The number of carbonyl (C=O) groups excluding carboxylic acids is 3. The SMILES string of the molecule is CCOC12NC(=O)NN=C1N(C)C(=O)N(C)C2=O. The Kier molecular flexibility index (Phi) is 2.70. The predicted octanol–water partition coefficient (Wildman–Crippen LogP) is -1.13. The number of carbonyl (C=O) groups is 3. The van der Waals surface area contributed by atoms with Gasteiger partial charge in [-0.3, -0.25) is 19.9 Å². The third kappa shape index (κ3) is 1.44. The number of nitrogens with zero attached hydrogens (tertiary/aromatic N) is 3. The first-order chi connectivity index (χ1) is 8.44. The van der Waals surface area contributed by atoms with Gasteiger partial charge in [0.05, 0.1) is 0 Å². The molecule has 2 heterocycles. The molecule has 98 valence electrons. The molecule has 2 aliphatic rings. The van der Waals surface area contributed by atoms with Crippen molar-refractivity contribution in [1.82, 2.24) is 20.5 Å². The van der Waals surface area contributed by atoms with E-state index < -0.39 is 23.7 Å². The molecule has 0 saturated carbocycles. The van der Waals surface area contributed by atoms with Gasteiger partial charge < -0.3 is 4.74 Å². The second-order valence-electron chi connectivity index (χ2n) is 3.82. The number of imide groups is 1. The van der Waals surface area contributed by atoms with Gasteiger partial charge in [-0.2, -0.15) is 5.10 Å². The van der Waals surface area contributed by atoms with Gasteiger partial charge in [0.1, 0.15) is 0 Å². The van der Waals surface area contributed by atoms with E-state index in [4.69, 9.17) is 4.74 Å². The number of hydrogen-bond acceptors (Lipinski definition) is 5. The Morgan fingerprint density at radius 3 is 2.56 bits per heavy atom. The van der Waals surface area contributed by atoms with Crippen LogP contribution in [-0.4, -0.2) is 60.0 Å². The van der Waals surface area contributed by atoms with Crippen LogP contribution in [0.15, 0.2) is 5.10 Å². The van der Waals surface area contributed by atoms with Crippen molar-refractivity contribution in [3.05, 3.63) is 0 Å². The van der Waals surface area contributed by atoms with Gasteiger partial charge in [0.25, 0.3) is 11.6 Å². The molecule has 0 aliphatic carbocycles. The van der Waals surface area contributed by atoms with Crippen molar-refractivity contribution < 1.29 is 19.1 Å². The first kappa shape index (κ1) is 12.3. The lowest BCUT2D eigenvalue weighted by molar-refractivity contribution is -0.151. The topological polar surface area (TPSA) is 103 Å².